The fourth-order valence-electron chi connectivity index (χ4n) is 1.21. The Hall–Kier alpha value is -2.09. The first-order chi connectivity index (χ1) is 8.72. The van der Waals surface area contributed by atoms with Crippen LogP contribution in [0.3, 0.4) is 0 Å². The van der Waals surface area contributed by atoms with Gasteiger partial charge in [0.25, 0.3) is 5.91 Å². The van der Waals surface area contributed by atoms with Crippen LogP contribution in [0.5, 0.6) is 0 Å². The van der Waals surface area contributed by atoms with Gasteiger partial charge >= 0.3 is 17.9 Å². The average molecular weight is 277 g/mol. The van der Waals surface area contributed by atoms with Crippen LogP contribution in [-0.2, 0) is 9.53 Å². The molecule has 0 radical (unpaired) electrons. The predicted molar refractivity (Wildman–Crippen MR) is 56.9 cm³/mol. The number of hydrogen-bond acceptors (Lipinski definition) is 4. The molecule has 104 valence electrons. The molecule has 0 fully saturated rings. The predicted octanol–water partition coefficient (Wildman–Crippen LogP) is 0.840. The molecule has 0 aliphatic carbocycles. The fourth-order valence-corrected chi connectivity index (χ4v) is 1.21. The van der Waals surface area contributed by atoms with Crippen molar-refractivity contribution in [2.75, 3.05) is 7.11 Å². The van der Waals surface area contributed by atoms with Gasteiger partial charge in [0, 0.05) is 5.56 Å². The van der Waals surface area contributed by atoms with Gasteiger partial charge in [-0.25, -0.2) is 4.79 Å². The first kappa shape index (κ1) is 15.0. The van der Waals surface area contributed by atoms with Gasteiger partial charge in [-0.15, -0.1) is 0 Å². The molecule has 1 aromatic carbocycles. The van der Waals surface area contributed by atoms with E-state index < -0.39 is 23.8 Å². The quantitative estimate of drug-likeness (QED) is 0.634. The van der Waals surface area contributed by atoms with Crippen molar-refractivity contribution in [3.63, 3.8) is 0 Å². The molecule has 1 aromatic rings. The van der Waals surface area contributed by atoms with Gasteiger partial charge in [-0.3, -0.25) is 4.79 Å². The van der Waals surface area contributed by atoms with E-state index in [9.17, 15) is 27.9 Å². The number of carbonyl (C=O) groups excluding carboxylic acids is 2. The second kappa shape index (κ2) is 5.27. The lowest BCUT2D eigenvalue weighted by Crippen LogP contribution is -2.64. The number of halogens is 3. The van der Waals surface area contributed by atoms with Crippen molar-refractivity contribution in [2.24, 2.45) is 0 Å². The third kappa shape index (κ3) is 3.02. The maximum absolute atomic E-state index is 12.7. The summed E-state index contributed by atoms with van der Waals surface area (Å²) in [5.74, 6) is -3.28. The highest BCUT2D eigenvalue weighted by atomic mass is 19.4. The van der Waals surface area contributed by atoms with E-state index in [4.69, 9.17) is 0 Å². The molecule has 0 aromatic heterocycles. The molecule has 2 N–H and O–H groups in total. The van der Waals surface area contributed by atoms with Crippen LogP contribution in [0.25, 0.3) is 0 Å². The minimum atomic E-state index is -5.41. The van der Waals surface area contributed by atoms with Gasteiger partial charge in [-0.1, -0.05) is 18.2 Å². The fraction of sp³-hybridized carbons (Fsp3) is 0.273. The Labute approximate surface area is 106 Å². The third-order valence-electron chi connectivity index (χ3n) is 2.22. The van der Waals surface area contributed by atoms with Crippen molar-refractivity contribution < 1.29 is 32.6 Å². The number of alkyl halides is 3. The molecule has 0 aliphatic rings. The zero-order chi connectivity index (χ0) is 14.7. The van der Waals surface area contributed by atoms with Crippen molar-refractivity contribution in [1.29, 1.82) is 0 Å². The van der Waals surface area contributed by atoms with E-state index in [1.807, 2.05) is 0 Å². The highest BCUT2D eigenvalue weighted by Gasteiger charge is 2.62. The molecule has 0 aliphatic heterocycles. The van der Waals surface area contributed by atoms with Crippen molar-refractivity contribution >= 4 is 11.9 Å². The average Bonchev–Trinajstić information content (AvgIpc) is 2.37. The van der Waals surface area contributed by atoms with E-state index >= 15 is 0 Å². The summed E-state index contributed by atoms with van der Waals surface area (Å²) in [6.07, 6.45) is -5.41. The molecule has 5 nitrogen and oxygen atoms in total. The monoisotopic (exact) mass is 277 g/mol. The van der Waals surface area contributed by atoms with Crippen molar-refractivity contribution in [3.05, 3.63) is 35.9 Å². The zero-order valence-electron chi connectivity index (χ0n) is 9.69. The summed E-state index contributed by atoms with van der Waals surface area (Å²) in [5.41, 5.74) is -4.23. The largest absolute Gasteiger partial charge is 0.465 e. The number of esters is 1. The third-order valence-corrected chi connectivity index (χ3v) is 2.22. The summed E-state index contributed by atoms with van der Waals surface area (Å²) in [5, 5.41) is 10.5. The summed E-state index contributed by atoms with van der Waals surface area (Å²) < 4.78 is 41.8. The first-order valence-electron chi connectivity index (χ1n) is 4.97. The number of amides is 1. The Balaban J connectivity index is 3.04. The molecular formula is C11H10F3NO4. The normalized spacial score (nSPS) is 14.4. The van der Waals surface area contributed by atoms with Crippen molar-refractivity contribution in [2.45, 2.75) is 11.9 Å². The number of rotatable bonds is 3. The van der Waals surface area contributed by atoms with Gasteiger partial charge in [-0.05, 0) is 12.1 Å². The van der Waals surface area contributed by atoms with E-state index in [1.54, 1.807) is 6.07 Å². The second-order valence-electron chi connectivity index (χ2n) is 3.52. The number of carbonyl (C=O) groups is 2. The van der Waals surface area contributed by atoms with Gasteiger partial charge in [-0.2, -0.15) is 13.2 Å². The topological polar surface area (TPSA) is 75.6 Å². The number of benzene rings is 1. The van der Waals surface area contributed by atoms with Crippen molar-refractivity contribution in [1.82, 2.24) is 5.32 Å². The van der Waals surface area contributed by atoms with Gasteiger partial charge in [0.05, 0.1) is 7.11 Å². The van der Waals surface area contributed by atoms with Crippen LogP contribution in [0.1, 0.15) is 10.4 Å². The number of aliphatic hydroxyl groups is 1. The first-order valence-corrected chi connectivity index (χ1v) is 4.97. The molecule has 1 atom stereocenters. The highest BCUT2D eigenvalue weighted by Crippen LogP contribution is 2.29. The van der Waals surface area contributed by atoms with Gasteiger partial charge in [0.1, 0.15) is 0 Å². The number of ether oxygens (including phenoxy) is 1. The SMILES string of the molecule is COC(=O)[C@](O)(NC(=O)c1ccccc1)C(F)(F)F. The maximum Gasteiger partial charge on any atom is 0.448 e. The van der Waals surface area contributed by atoms with Crippen LogP contribution >= 0.6 is 0 Å². The molecule has 8 heteroatoms. The molecule has 0 saturated heterocycles. The summed E-state index contributed by atoms with van der Waals surface area (Å²) in [6, 6.07) is 6.83. The van der Waals surface area contributed by atoms with Gasteiger partial charge < -0.3 is 15.2 Å². The molecule has 0 heterocycles. The molecule has 0 unspecified atom stereocenters. The summed E-state index contributed by atoms with van der Waals surface area (Å²) in [4.78, 5) is 22.6. The zero-order valence-corrected chi connectivity index (χ0v) is 9.69. The Morgan fingerprint density at radius 3 is 2.16 bits per heavy atom. The van der Waals surface area contributed by atoms with Crippen LogP contribution < -0.4 is 5.32 Å². The van der Waals surface area contributed by atoms with E-state index in [0.29, 0.717) is 7.11 Å². The van der Waals surface area contributed by atoms with Crippen LogP contribution in [0, 0.1) is 0 Å². The minimum Gasteiger partial charge on any atom is -0.465 e. The molecule has 1 amide bonds. The molecule has 19 heavy (non-hydrogen) atoms. The van der Waals surface area contributed by atoms with E-state index in [2.05, 4.69) is 4.74 Å². The second-order valence-corrected chi connectivity index (χ2v) is 3.52. The smallest absolute Gasteiger partial charge is 0.448 e. The van der Waals surface area contributed by atoms with E-state index in [-0.39, 0.29) is 5.56 Å². The summed E-state index contributed by atoms with van der Waals surface area (Å²) in [6.45, 7) is 0. The van der Waals surface area contributed by atoms with Crippen LogP contribution in [0.2, 0.25) is 0 Å². The highest BCUT2D eigenvalue weighted by molar-refractivity contribution is 5.97. The Bertz CT molecular complexity index is 475. The van der Waals surface area contributed by atoms with Crippen LogP contribution in [-0.4, -0.2) is 36.0 Å². The lowest BCUT2D eigenvalue weighted by atomic mass is 10.1. The van der Waals surface area contributed by atoms with Gasteiger partial charge in [0.2, 0.25) is 0 Å². The lowest BCUT2D eigenvalue weighted by molar-refractivity contribution is -0.268. The van der Waals surface area contributed by atoms with Crippen LogP contribution in [0.15, 0.2) is 30.3 Å². The molecular weight excluding hydrogens is 267 g/mol. The minimum absolute atomic E-state index is 0.144. The van der Waals surface area contributed by atoms with E-state index in [1.165, 1.54) is 29.6 Å². The Kier molecular flexibility index (Phi) is 4.15. The Morgan fingerprint density at radius 1 is 1.21 bits per heavy atom. The standard InChI is InChI=1S/C11H10F3NO4/c1-19-9(17)10(18,11(12,13)14)15-8(16)7-5-3-2-4-6-7/h2-6,18H,1H3,(H,15,16)/t10-/m1/s1. The van der Waals surface area contributed by atoms with Gasteiger partial charge in [0.15, 0.2) is 0 Å². The molecule has 0 bridgehead atoms. The molecule has 0 saturated carbocycles. The number of hydrogen-bond donors (Lipinski definition) is 2. The molecule has 0 spiro atoms. The number of nitrogens with one attached hydrogen (secondary N) is 1. The Morgan fingerprint density at radius 2 is 1.74 bits per heavy atom. The molecule has 1 rings (SSSR count). The van der Waals surface area contributed by atoms with E-state index in [0.717, 1.165) is 0 Å². The summed E-state index contributed by atoms with van der Waals surface area (Å²) in [7, 11) is 0.660. The van der Waals surface area contributed by atoms with Crippen LogP contribution in [0.4, 0.5) is 13.2 Å². The number of methoxy groups -OCH3 is 1. The summed E-state index contributed by atoms with van der Waals surface area (Å²) >= 11 is 0. The van der Waals surface area contributed by atoms with Crippen molar-refractivity contribution in [3.8, 4) is 0 Å². The maximum atomic E-state index is 12.7. The lowest BCUT2D eigenvalue weighted by Gasteiger charge is -2.28.